The lowest BCUT2D eigenvalue weighted by Gasteiger charge is -2.33. The summed E-state index contributed by atoms with van der Waals surface area (Å²) >= 11 is 3.55. The summed E-state index contributed by atoms with van der Waals surface area (Å²) < 4.78 is 1.17. The Morgan fingerprint density at radius 2 is 2.05 bits per heavy atom. The average Bonchev–Trinajstić information content (AvgIpc) is 2.77. The monoisotopic (exact) mass is 324 g/mol. The normalized spacial score (nSPS) is 18.1. The summed E-state index contributed by atoms with van der Waals surface area (Å²) in [5.74, 6) is 0. The summed E-state index contributed by atoms with van der Waals surface area (Å²) in [5, 5.41) is 3.39. The highest BCUT2D eigenvalue weighted by Crippen LogP contribution is 2.38. The van der Waals surface area contributed by atoms with Crippen LogP contribution < -0.4 is 5.32 Å². The van der Waals surface area contributed by atoms with Crippen molar-refractivity contribution in [3.63, 3.8) is 0 Å². The van der Waals surface area contributed by atoms with Crippen molar-refractivity contribution in [3.05, 3.63) is 34.3 Å². The molecular weight excluding hydrogens is 300 g/mol. The maximum atomic E-state index is 3.55. The number of hydrogen-bond donors (Lipinski definition) is 1. The maximum absolute atomic E-state index is 3.55. The lowest BCUT2D eigenvalue weighted by atomic mass is 9.85. The van der Waals surface area contributed by atoms with Crippen molar-refractivity contribution in [2.75, 3.05) is 27.2 Å². The predicted octanol–water partition coefficient (Wildman–Crippen LogP) is 3.66. The van der Waals surface area contributed by atoms with Crippen molar-refractivity contribution >= 4 is 15.9 Å². The summed E-state index contributed by atoms with van der Waals surface area (Å²) in [6.07, 6.45) is 5.53. The summed E-state index contributed by atoms with van der Waals surface area (Å²) in [6, 6.07) is 8.63. The first kappa shape index (κ1) is 15.0. The maximum Gasteiger partial charge on any atom is 0.0231 e. The fourth-order valence-corrected chi connectivity index (χ4v) is 3.91. The van der Waals surface area contributed by atoms with Crippen molar-refractivity contribution < 1.29 is 0 Å². The molecule has 0 aromatic heterocycles. The summed E-state index contributed by atoms with van der Waals surface area (Å²) in [6.45, 7) is 3.38. The first-order chi connectivity index (χ1) is 9.13. The zero-order chi connectivity index (χ0) is 13.7. The molecule has 0 heterocycles. The van der Waals surface area contributed by atoms with E-state index < -0.39 is 0 Å². The largest absolute Gasteiger partial charge is 0.319 e. The number of halogens is 1. The van der Waals surface area contributed by atoms with Gasteiger partial charge in [-0.3, -0.25) is 0 Å². The molecule has 0 unspecified atom stereocenters. The van der Waals surface area contributed by atoms with E-state index in [0.717, 1.165) is 13.1 Å². The molecular formula is C16H25BrN2. The first-order valence-electron chi connectivity index (χ1n) is 7.21. The molecule has 0 saturated heterocycles. The van der Waals surface area contributed by atoms with Crippen LogP contribution in [0.2, 0.25) is 0 Å². The van der Waals surface area contributed by atoms with Gasteiger partial charge in [-0.15, -0.1) is 0 Å². The quantitative estimate of drug-likeness (QED) is 0.859. The van der Waals surface area contributed by atoms with Gasteiger partial charge >= 0.3 is 0 Å². The second kappa shape index (κ2) is 6.87. The lowest BCUT2D eigenvalue weighted by Crippen LogP contribution is -2.40. The molecule has 1 aromatic rings. The van der Waals surface area contributed by atoms with Gasteiger partial charge in [-0.05, 0) is 50.0 Å². The van der Waals surface area contributed by atoms with Crippen LogP contribution in [0.4, 0.5) is 0 Å². The minimum atomic E-state index is 0.496. The molecule has 0 atom stereocenters. The van der Waals surface area contributed by atoms with Gasteiger partial charge < -0.3 is 10.2 Å². The third kappa shape index (κ3) is 4.30. The summed E-state index contributed by atoms with van der Waals surface area (Å²) in [5.41, 5.74) is 1.88. The lowest BCUT2D eigenvalue weighted by molar-refractivity contribution is 0.170. The molecule has 106 valence electrons. The van der Waals surface area contributed by atoms with E-state index >= 15 is 0 Å². The van der Waals surface area contributed by atoms with Crippen molar-refractivity contribution in [1.82, 2.24) is 10.2 Å². The van der Waals surface area contributed by atoms with Gasteiger partial charge in [0.1, 0.15) is 0 Å². The second-order valence-corrected chi connectivity index (χ2v) is 6.96. The van der Waals surface area contributed by atoms with Gasteiger partial charge in [0, 0.05) is 24.1 Å². The molecule has 1 aliphatic rings. The average molecular weight is 325 g/mol. The molecule has 1 N–H and O–H groups in total. The van der Waals surface area contributed by atoms with Crippen molar-refractivity contribution in [3.8, 4) is 0 Å². The van der Waals surface area contributed by atoms with Gasteiger partial charge in [0.05, 0.1) is 0 Å². The highest BCUT2D eigenvalue weighted by atomic mass is 79.9. The molecule has 0 spiro atoms. The van der Waals surface area contributed by atoms with Gasteiger partial charge in [-0.1, -0.05) is 40.9 Å². The van der Waals surface area contributed by atoms with E-state index in [0.29, 0.717) is 5.41 Å². The standard InChI is InChI=1S/C16H25BrN2/c1-18-12-16(8-3-4-9-16)13-19(2)11-14-6-5-7-15(17)10-14/h5-7,10,18H,3-4,8-9,11-13H2,1-2H3. The van der Waals surface area contributed by atoms with Gasteiger partial charge in [-0.2, -0.15) is 0 Å². The number of nitrogens with zero attached hydrogens (tertiary/aromatic N) is 1. The molecule has 0 radical (unpaired) electrons. The van der Waals surface area contributed by atoms with Crippen LogP contribution in [-0.2, 0) is 6.54 Å². The number of rotatable bonds is 6. The third-order valence-corrected chi connectivity index (χ3v) is 4.66. The van der Waals surface area contributed by atoms with Gasteiger partial charge in [0.2, 0.25) is 0 Å². The summed E-state index contributed by atoms with van der Waals surface area (Å²) in [7, 11) is 4.32. The Balaban J connectivity index is 1.94. The Morgan fingerprint density at radius 3 is 2.68 bits per heavy atom. The van der Waals surface area contributed by atoms with Crippen LogP contribution in [0.3, 0.4) is 0 Å². The Labute approximate surface area is 125 Å². The Hall–Kier alpha value is -0.380. The van der Waals surface area contributed by atoms with E-state index in [4.69, 9.17) is 0 Å². The van der Waals surface area contributed by atoms with Crippen LogP contribution in [0.25, 0.3) is 0 Å². The zero-order valence-electron chi connectivity index (χ0n) is 12.1. The Bertz CT molecular complexity index is 399. The molecule has 0 amide bonds. The van der Waals surface area contributed by atoms with Crippen LogP contribution in [0.5, 0.6) is 0 Å². The molecule has 1 fully saturated rings. The second-order valence-electron chi connectivity index (χ2n) is 6.04. The minimum absolute atomic E-state index is 0.496. The molecule has 2 rings (SSSR count). The predicted molar refractivity (Wildman–Crippen MR) is 85.3 cm³/mol. The van der Waals surface area contributed by atoms with Crippen molar-refractivity contribution in [2.24, 2.45) is 5.41 Å². The molecule has 2 nitrogen and oxygen atoms in total. The molecule has 19 heavy (non-hydrogen) atoms. The van der Waals surface area contributed by atoms with E-state index in [1.807, 2.05) is 0 Å². The van der Waals surface area contributed by atoms with E-state index in [1.54, 1.807) is 0 Å². The van der Waals surface area contributed by atoms with Crippen LogP contribution >= 0.6 is 15.9 Å². The molecule has 0 aliphatic heterocycles. The smallest absolute Gasteiger partial charge is 0.0231 e. The van der Waals surface area contributed by atoms with E-state index in [1.165, 1.54) is 42.3 Å². The van der Waals surface area contributed by atoms with Gasteiger partial charge in [0.25, 0.3) is 0 Å². The molecule has 0 bridgehead atoms. The third-order valence-electron chi connectivity index (χ3n) is 4.16. The molecule has 1 saturated carbocycles. The highest BCUT2D eigenvalue weighted by molar-refractivity contribution is 9.10. The SMILES string of the molecule is CNCC1(CN(C)Cc2cccc(Br)c2)CCCC1. The number of nitrogens with one attached hydrogen (secondary N) is 1. The molecule has 1 aliphatic carbocycles. The number of benzene rings is 1. The minimum Gasteiger partial charge on any atom is -0.319 e. The summed E-state index contributed by atoms with van der Waals surface area (Å²) in [4.78, 5) is 2.48. The Morgan fingerprint density at radius 1 is 1.32 bits per heavy atom. The van der Waals surface area contributed by atoms with Crippen molar-refractivity contribution in [2.45, 2.75) is 32.2 Å². The Kier molecular flexibility index (Phi) is 5.43. The molecule has 1 aromatic carbocycles. The topological polar surface area (TPSA) is 15.3 Å². The zero-order valence-corrected chi connectivity index (χ0v) is 13.7. The van der Waals surface area contributed by atoms with Crippen LogP contribution in [0.1, 0.15) is 31.2 Å². The number of hydrogen-bond acceptors (Lipinski definition) is 2. The van der Waals surface area contributed by atoms with Crippen LogP contribution in [0, 0.1) is 5.41 Å². The van der Waals surface area contributed by atoms with Gasteiger partial charge in [0.15, 0.2) is 0 Å². The van der Waals surface area contributed by atoms with E-state index in [9.17, 15) is 0 Å². The van der Waals surface area contributed by atoms with Gasteiger partial charge in [-0.25, -0.2) is 0 Å². The first-order valence-corrected chi connectivity index (χ1v) is 8.00. The highest BCUT2D eigenvalue weighted by Gasteiger charge is 2.34. The van der Waals surface area contributed by atoms with Crippen LogP contribution in [-0.4, -0.2) is 32.1 Å². The molecule has 3 heteroatoms. The van der Waals surface area contributed by atoms with E-state index in [2.05, 4.69) is 64.5 Å². The fraction of sp³-hybridized carbons (Fsp3) is 0.625. The fourth-order valence-electron chi connectivity index (χ4n) is 3.47. The van der Waals surface area contributed by atoms with Crippen molar-refractivity contribution in [1.29, 1.82) is 0 Å². The van der Waals surface area contributed by atoms with E-state index in [-0.39, 0.29) is 0 Å². The van der Waals surface area contributed by atoms with Crippen LogP contribution in [0.15, 0.2) is 28.7 Å².